The van der Waals surface area contributed by atoms with Crippen LogP contribution in [0.1, 0.15) is 41.9 Å². The average Bonchev–Trinajstić information content (AvgIpc) is 3.31. The number of carbonyl (C=O) groups excluding carboxylic acids is 1. The Morgan fingerprint density at radius 2 is 1.82 bits per heavy atom. The van der Waals surface area contributed by atoms with E-state index in [1.165, 1.54) is 18.4 Å². The molecule has 0 bridgehead atoms. The van der Waals surface area contributed by atoms with Crippen LogP contribution in [0.3, 0.4) is 0 Å². The summed E-state index contributed by atoms with van der Waals surface area (Å²) in [6, 6.07) is 12.4. The Kier molecular flexibility index (Phi) is 7.16. The van der Waals surface area contributed by atoms with Gasteiger partial charge in [-0.15, -0.1) is 0 Å². The summed E-state index contributed by atoms with van der Waals surface area (Å²) in [5.74, 6) is -0.230. The zero-order valence-electron chi connectivity index (χ0n) is 17.9. The SMILES string of the molecule is CC[C@H](C)N(Cc1cccc(OS(=O)(=O)c2cccc(C(F)(F)F)c2)c1)C(=O)c1ccco1. The van der Waals surface area contributed by atoms with Crippen molar-refractivity contribution in [1.82, 2.24) is 4.90 Å². The van der Waals surface area contributed by atoms with Gasteiger partial charge in [-0.05, 0) is 61.4 Å². The van der Waals surface area contributed by atoms with Crippen molar-refractivity contribution in [3.05, 3.63) is 83.8 Å². The molecule has 0 saturated heterocycles. The van der Waals surface area contributed by atoms with Crippen molar-refractivity contribution in [2.24, 2.45) is 0 Å². The van der Waals surface area contributed by atoms with Crippen molar-refractivity contribution >= 4 is 16.0 Å². The number of benzene rings is 2. The van der Waals surface area contributed by atoms with Gasteiger partial charge in [0.2, 0.25) is 0 Å². The monoisotopic (exact) mass is 481 g/mol. The first-order valence-corrected chi connectivity index (χ1v) is 11.5. The molecule has 0 spiro atoms. The van der Waals surface area contributed by atoms with Crippen LogP contribution in [-0.2, 0) is 22.8 Å². The Balaban J connectivity index is 1.83. The van der Waals surface area contributed by atoms with Crippen molar-refractivity contribution in [2.75, 3.05) is 0 Å². The first-order valence-electron chi connectivity index (χ1n) is 10.1. The highest BCUT2D eigenvalue weighted by Crippen LogP contribution is 2.31. The normalized spacial score (nSPS) is 12.9. The maximum Gasteiger partial charge on any atom is 0.416 e. The molecule has 1 aromatic heterocycles. The first-order chi connectivity index (χ1) is 15.5. The number of nitrogens with zero attached hydrogens (tertiary/aromatic N) is 1. The van der Waals surface area contributed by atoms with Crippen LogP contribution in [0, 0.1) is 0 Å². The molecular formula is C23H22F3NO5S. The zero-order valence-corrected chi connectivity index (χ0v) is 18.7. The minimum absolute atomic E-state index is 0.0838. The molecule has 10 heteroatoms. The predicted octanol–water partition coefficient (Wildman–Crippen LogP) is 5.51. The van der Waals surface area contributed by atoms with Gasteiger partial charge in [0, 0.05) is 12.6 Å². The van der Waals surface area contributed by atoms with Crippen LogP contribution in [-0.4, -0.2) is 25.3 Å². The number of alkyl halides is 3. The zero-order chi connectivity index (χ0) is 24.2. The molecule has 1 atom stereocenters. The summed E-state index contributed by atoms with van der Waals surface area (Å²) in [4.78, 5) is 13.8. The Morgan fingerprint density at radius 3 is 2.45 bits per heavy atom. The van der Waals surface area contributed by atoms with E-state index in [1.807, 2.05) is 13.8 Å². The van der Waals surface area contributed by atoms with Crippen LogP contribution in [0.5, 0.6) is 5.75 Å². The third-order valence-electron chi connectivity index (χ3n) is 5.02. The summed E-state index contributed by atoms with van der Waals surface area (Å²) in [6.07, 6.45) is -2.62. The summed E-state index contributed by atoms with van der Waals surface area (Å²) in [5.41, 5.74) is -0.520. The fourth-order valence-electron chi connectivity index (χ4n) is 3.09. The Hall–Kier alpha value is -3.27. The van der Waals surface area contributed by atoms with Crippen LogP contribution in [0.4, 0.5) is 13.2 Å². The van der Waals surface area contributed by atoms with Gasteiger partial charge in [-0.25, -0.2) is 0 Å². The first kappa shape index (κ1) is 24.4. The van der Waals surface area contributed by atoms with Crippen LogP contribution in [0.15, 0.2) is 76.2 Å². The molecule has 2 aromatic carbocycles. The number of furan rings is 1. The predicted molar refractivity (Wildman–Crippen MR) is 114 cm³/mol. The molecule has 3 aromatic rings. The molecule has 3 rings (SSSR count). The van der Waals surface area contributed by atoms with E-state index < -0.39 is 26.8 Å². The quantitative estimate of drug-likeness (QED) is 0.397. The van der Waals surface area contributed by atoms with Crippen molar-refractivity contribution in [3.63, 3.8) is 0 Å². The Labute approximate surface area is 189 Å². The van der Waals surface area contributed by atoms with Gasteiger partial charge < -0.3 is 13.5 Å². The summed E-state index contributed by atoms with van der Waals surface area (Å²) in [7, 11) is -4.51. The molecule has 0 unspecified atom stereocenters. The second-order valence-electron chi connectivity index (χ2n) is 7.38. The lowest BCUT2D eigenvalue weighted by atomic mass is 10.1. The lowest BCUT2D eigenvalue weighted by molar-refractivity contribution is -0.137. The standard InChI is InChI=1S/C23H22F3NO5S/c1-3-16(2)27(22(28)21-11-6-12-31-21)15-17-7-4-9-19(13-17)32-33(29,30)20-10-5-8-18(14-20)23(24,25)26/h4-14,16H,3,15H2,1-2H3/t16-/m0/s1. The molecule has 0 radical (unpaired) electrons. The highest BCUT2D eigenvalue weighted by molar-refractivity contribution is 7.87. The molecule has 33 heavy (non-hydrogen) atoms. The highest BCUT2D eigenvalue weighted by atomic mass is 32.2. The molecule has 0 aliphatic carbocycles. The number of carbonyl (C=O) groups is 1. The number of amides is 1. The molecule has 1 amide bonds. The van der Waals surface area contributed by atoms with E-state index in [-0.39, 0.29) is 30.0 Å². The molecule has 0 fully saturated rings. The maximum atomic E-state index is 12.9. The van der Waals surface area contributed by atoms with Gasteiger partial charge in [0.1, 0.15) is 10.6 Å². The molecule has 176 valence electrons. The highest BCUT2D eigenvalue weighted by Gasteiger charge is 2.32. The summed E-state index contributed by atoms with van der Waals surface area (Å²) in [5, 5.41) is 0. The van der Waals surface area contributed by atoms with Gasteiger partial charge in [-0.3, -0.25) is 4.79 Å². The molecule has 6 nitrogen and oxygen atoms in total. The smallest absolute Gasteiger partial charge is 0.416 e. The topological polar surface area (TPSA) is 76.8 Å². The second kappa shape index (κ2) is 9.70. The summed E-state index contributed by atoms with van der Waals surface area (Å²) in [6.45, 7) is 3.95. The molecule has 0 aliphatic rings. The average molecular weight is 481 g/mol. The van der Waals surface area contributed by atoms with Gasteiger partial charge in [0.05, 0.1) is 11.8 Å². The molecule has 0 aliphatic heterocycles. The van der Waals surface area contributed by atoms with Gasteiger partial charge in [0.25, 0.3) is 5.91 Å². The van der Waals surface area contributed by atoms with Gasteiger partial charge in [-0.2, -0.15) is 21.6 Å². The molecule has 0 saturated carbocycles. The van der Waals surface area contributed by atoms with Crippen LogP contribution in [0.25, 0.3) is 0 Å². The van der Waals surface area contributed by atoms with E-state index in [4.69, 9.17) is 8.60 Å². The third-order valence-corrected chi connectivity index (χ3v) is 6.27. The van der Waals surface area contributed by atoms with Crippen LogP contribution in [0.2, 0.25) is 0 Å². The minimum atomic E-state index is -4.69. The lowest BCUT2D eigenvalue weighted by Crippen LogP contribution is -2.37. The van der Waals surface area contributed by atoms with E-state index in [2.05, 4.69) is 0 Å². The third kappa shape index (κ3) is 5.95. The Morgan fingerprint density at radius 1 is 1.09 bits per heavy atom. The largest absolute Gasteiger partial charge is 0.459 e. The van der Waals surface area contributed by atoms with Crippen LogP contribution >= 0.6 is 0 Å². The number of rotatable bonds is 8. The minimum Gasteiger partial charge on any atom is -0.459 e. The van der Waals surface area contributed by atoms with E-state index in [9.17, 15) is 26.4 Å². The van der Waals surface area contributed by atoms with E-state index in [1.54, 1.807) is 29.2 Å². The van der Waals surface area contributed by atoms with Crippen molar-refractivity contribution in [2.45, 2.75) is 43.9 Å². The number of hydrogen-bond acceptors (Lipinski definition) is 5. The van der Waals surface area contributed by atoms with Crippen molar-refractivity contribution < 1.29 is 35.0 Å². The summed E-state index contributed by atoms with van der Waals surface area (Å²) < 4.78 is 74.3. The van der Waals surface area contributed by atoms with E-state index >= 15 is 0 Å². The number of halogens is 3. The molecule has 0 N–H and O–H groups in total. The fourth-order valence-corrected chi connectivity index (χ4v) is 4.05. The van der Waals surface area contributed by atoms with Crippen LogP contribution < -0.4 is 4.18 Å². The maximum absolute atomic E-state index is 12.9. The van der Waals surface area contributed by atoms with Gasteiger partial charge in [0.15, 0.2) is 5.76 Å². The number of hydrogen-bond donors (Lipinski definition) is 0. The van der Waals surface area contributed by atoms with E-state index in [0.717, 1.165) is 18.2 Å². The molecular weight excluding hydrogens is 459 g/mol. The lowest BCUT2D eigenvalue weighted by Gasteiger charge is -2.28. The van der Waals surface area contributed by atoms with Crippen molar-refractivity contribution in [3.8, 4) is 5.75 Å². The fraction of sp³-hybridized carbons (Fsp3) is 0.261. The second-order valence-corrected chi connectivity index (χ2v) is 8.92. The summed E-state index contributed by atoms with van der Waals surface area (Å²) >= 11 is 0. The van der Waals surface area contributed by atoms with Crippen molar-refractivity contribution in [1.29, 1.82) is 0 Å². The molecule has 1 heterocycles. The van der Waals surface area contributed by atoms with Gasteiger partial charge >= 0.3 is 16.3 Å². The van der Waals surface area contributed by atoms with Gasteiger partial charge in [-0.1, -0.05) is 25.1 Å². The van der Waals surface area contributed by atoms with E-state index in [0.29, 0.717) is 18.1 Å². The Bertz CT molecular complexity index is 1210.